The molecule has 0 spiro atoms. The zero-order valence-corrected chi connectivity index (χ0v) is 9.70. The molecule has 0 aliphatic carbocycles. The Balaban J connectivity index is 1.97. The highest BCUT2D eigenvalue weighted by molar-refractivity contribution is 7.85. The zero-order chi connectivity index (χ0) is 12.0. The standard InChI is InChI=1S/C9H16F3NO2S/c10-9(11,12)7-15-4-3-13-8-1-5-16(14)6-2-8/h8,13H,1-7H2. The second-order valence-corrected chi connectivity index (χ2v) is 5.44. The van der Waals surface area contributed by atoms with Crippen molar-refractivity contribution < 1.29 is 22.1 Å². The molecule has 16 heavy (non-hydrogen) atoms. The van der Waals surface area contributed by atoms with Crippen molar-refractivity contribution in [3.05, 3.63) is 0 Å². The molecule has 1 fully saturated rings. The van der Waals surface area contributed by atoms with Crippen LogP contribution in [-0.2, 0) is 15.5 Å². The smallest absolute Gasteiger partial charge is 0.371 e. The molecule has 0 bridgehead atoms. The van der Waals surface area contributed by atoms with Gasteiger partial charge in [-0.15, -0.1) is 0 Å². The van der Waals surface area contributed by atoms with Crippen LogP contribution in [0, 0.1) is 0 Å². The fourth-order valence-corrected chi connectivity index (χ4v) is 2.82. The topological polar surface area (TPSA) is 38.3 Å². The Morgan fingerprint density at radius 1 is 1.31 bits per heavy atom. The van der Waals surface area contributed by atoms with Crippen molar-refractivity contribution in [2.75, 3.05) is 31.3 Å². The van der Waals surface area contributed by atoms with Crippen molar-refractivity contribution in [3.8, 4) is 0 Å². The molecule has 7 heteroatoms. The maximum atomic E-state index is 11.7. The van der Waals surface area contributed by atoms with E-state index in [9.17, 15) is 17.4 Å². The highest BCUT2D eigenvalue weighted by atomic mass is 32.2. The Kier molecular flexibility index (Phi) is 5.71. The first-order valence-corrected chi connectivity index (χ1v) is 6.69. The van der Waals surface area contributed by atoms with Crippen LogP contribution in [0.15, 0.2) is 0 Å². The molecule has 3 nitrogen and oxygen atoms in total. The molecule has 0 radical (unpaired) electrons. The average Bonchev–Trinajstić information content (AvgIpc) is 2.19. The molecule has 1 aliphatic heterocycles. The van der Waals surface area contributed by atoms with Crippen molar-refractivity contribution in [2.24, 2.45) is 0 Å². The Bertz CT molecular complexity index is 225. The van der Waals surface area contributed by atoms with Crippen molar-refractivity contribution in [1.82, 2.24) is 5.32 Å². The number of hydrogen-bond donors (Lipinski definition) is 1. The van der Waals surface area contributed by atoms with Gasteiger partial charge in [0.25, 0.3) is 0 Å². The van der Waals surface area contributed by atoms with Crippen molar-refractivity contribution in [3.63, 3.8) is 0 Å². The fourth-order valence-electron chi connectivity index (χ4n) is 1.52. The summed E-state index contributed by atoms with van der Waals surface area (Å²) in [4.78, 5) is 0. The molecule has 0 unspecified atom stereocenters. The minimum Gasteiger partial charge on any atom is -0.371 e. The number of hydrogen-bond acceptors (Lipinski definition) is 3. The minimum atomic E-state index is -4.25. The van der Waals surface area contributed by atoms with E-state index < -0.39 is 23.6 Å². The van der Waals surface area contributed by atoms with Crippen LogP contribution in [0.1, 0.15) is 12.8 Å². The second-order valence-electron chi connectivity index (χ2n) is 3.74. The van der Waals surface area contributed by atoms with Gasteiger partial charge in [0.15, 0.2) is 0 Å². The highest BCUT2D eigenvalue weighted by Crippen LogP contribution is 2.14. The summed E-state index contributed by atoms with van der Waals surface area (Å²) in [5.41, 5.74) is 0. The van der Waals surface area contributed by atoms with E-state index in [0.717, 1.165) is 12.8 Å². The number of halogens is 3. The molecule has 1 saturated heterocycles. The van der Waals surface area contributed by atoms with Gasteiger partial charge < -0.3 is 10.1 Å². The van der Waals surface area contributed by atoms with Crippen molar-refractivity contribution in [2.45, 2.75) is 25.1 Å². The third kappa shape index (κ3) is 6.44. The van der Waals surface area contributed by atoms with E-state index in [0.29, 0.717) is 18.1 Å². The second kappa shape index (κ2) is 6.56. The fraction of sp³-hybridized carbons (Fsp3) is 1.00. The lowest BCUT2D eigenvalue weighted by molar-refractivity contribution is -0.173. The van der Waals surface area contributed by atoms with Gasteiger partial charge in [0, 0.05) is 34.9 Å². The lowest BCUT2D eigenvalue weighted by Gasteiger charge is -2.22. The Morgan fingerprint density at radius 2 is 1.94 bits per heavy atom. The van der Waals surface area contributed by atoms with E-state index in [4.69, 9.17) is 0 Å². The maximum Gasteiger partial charge on any atom is 0.411 e. The van der Waals surface area contributed by atoms with E-state index in [1.807, 2.05) is 0 Å². The number of alkyl halides is 3. The van der Waals surface area contributed by atoms with Crippen LogP contribution in [0.4, 0.5) is 13.2 Å². The number of ether oxygens (including phenoxy) is 1. The van der Waals surface area contributed by atoms with Crippen LogP contribution in [0.5, 0.6) is 0 Å². The predicted molar refractivity (Wildman–Crippen MR) is 55.8 cm³/mol. The molecule has 0 amide bonds. The van der Waals surface area contributed by atoms with Crippen molar-refractivity contribution in [1.29, 1.82) is 0 Å². The van der Waals surface area contributed by atoms with Crippen LogP contribution in [0.2, 0.25) is 0 Å². The highest BCUT2D eigenvalue weighted by Gasteiger charge is 2.27. The summed E-state index contributed by atoms with van der Waals surface area (Å²) in [5.74, 6) is 1.36. The average molecular weight is 259 g/mol. The molecule has 0 aromatic rings. The van der Waals surface area contributed by atoms with Gasteiger partial charge in [0.1, 0.15) is 6.61 Å². The molecular weight excluding hydrogens is 243 g/mol. The molecule has 96 valence electrons. The first-order valence-electron chi connectivity index (χ1n) is 5.20. The van der Waals surface area contributed by atoms with Crippen LogP contribution < -0.4 is 5.32 Å². The van der Waals surface area contributed by atoms with Crippen LogP contribution >= 0.6 is 0 Å². The van der Waals surface area contributed by atoms with Gasteiger partial charge in [-0.1, -0.05) is 0 Å². The van der Waals surface area contributed by atoms with Gasteiger partial charge in [-0.3, -0.25) is 4.21 Å². The van der Waals surface area contributed by atoms with Gasteiger partial charge in [-0.05, 0) is 12.8 Å². The third-order valence-corrected chi connectivity index (χ3v) is 3.72. The lowest BCUT2D eigenvalue weighted by Crippen LogP contribution is -2.37. The summed E-state index contributed by atoms with van der Waals surface area (Å²) >= 11 is 0. The van der Waals surface area contributed by atoms with Crippen LogP contribution in [0.3, 0.4) is 0 Å². The molecule has 0 atom stereocenters. The molecule has 1 aliphatic rings. The molecule has 1 heterocycles. The number of nitrogens with one attached hydrogen (secondary N) is 1. The van der Waals surface area contributed by atoms with Crippen LogP contribution in [0.25, 0.3) is 0 Å². The summed E-state index contributed by atoms with van der Waals surface area (Å²) in [5, 5.41) is 3.10. The molecule has 1 rings (SSSR count). The summed E-state index contributed by atoms with van der Waals surface area (Å²) in [6.45, 7) is -0.726. The SMILES string of the molecule is O=S1CCC(NCCOCC(F)(F)F)CC1. The van der Waals surface area contributed by atoms with Gasteiger partial charge in [0.2, 0.25) is 0 Å². The Labute approximate surface area is 95.2 Å². The van der Waals surface area contributed by atoms with Crippen LogP contribution in [-0.4, -0.2) is 47.7 Å². The monoisotopic (exact) mass is 259 g/mol. The summed E-state index contributed by atoms with van der Waals surface area (Å²) in [6, 6.07) is 0.271. The van der Waals surface area contributed by atoms with Gasteiger partial charge in [-0.2, -0.15) is 13.2 Å². The lowest BCUT2D eigenvalue weighted by atomic mass is 10.1. The molecule has 0 saturated carbocycles. The largest absolute Gasteiger partial charge is 0.411 e. The minimum absolute atomic E-state index is 0.0547. The number of rotatable bonds is 5. The van der Waals surface area contributed by atoms with E-state index in [1.54, 1.807) is 0 Å². The van der Waals surface area contributed by atoms with E-state index in [2.05, 4.69) is 10.1 Å². The molecule has 0 aromatic heterocycles. The summed E-state index contributed by atoms with van der Waals surface area (Å²) < 4.78 is 50.6. The molecule has 1 N–H and O–H groups in total. The van der Waals surface area contributed by atoms with Gasteiger partial charge >= 0.3 is 6.18 Å². The summed E-state index contributed by atoms with van der Waals surface area (Å²) in [7, 11) is -0.702. The van der Waals surface area contributed by atoms with E-state index in [1.165, 1.54) is 0 Å². The quantitative estimate of drug-likeness (QED) is 0.750. The normalized spacial score (nSPS) is 26.9. The van der Waals surface area contributed by atoms with Gasteiger partial charge in [0.05, 0.1) is 6.61 Å². The third-order valence-electron chi connectivity index (χ3n) is 2.33. The van der Waals surface area contributed by atoms with E-state index in [-0.39, 0.29) is 12.6 Å². The molecule has 0 aromatic carbocycles. The first kappa shape index (κ1) is 13.9. The van der Waals surface area contributed by atoms with Crippen molar-refractivity contribution >= 4 is 10.8 Å². The first-order chi connectivity index (χ1) is 7.47. The maximum absolute atomic E-state index is 11.7. The zero-order valence-electron chi connectivity index (χ0n) is 8.89. The predicted octanol–water partition coefficient (Wildman–Crippen LogP) is 1.07. The summed E-state index contributed by atoms with van der Waals surface area (Å²) in [6.07, 6.45) is -2.60. The Hall–Kier alpha value is -0.140. The van der Waals surface area contributed by atoms with Gasteiger partial charge in [-0.25, -0.2) is 0 Å². The Morgan fingerprint density at radius 3 is 2.50 bits per heavy atom. The molecular formula is C9H16F3NO2S. The van der Waals surface area contributed by atoms with E-state index >= 15 is 0 Å².